The average molecular weight is 273 g/mol. The predicted molar refractivity (Wildman–Crippen MR) is 76.2 cm³/mol. The van der Waals surface area contributed by atoms with Crippen molar-refractivity contribution in [1.82, 2.24) is 9.55 Å². The van der Waals surface area contributed by atoms with E-state index in [0.717, 1.165) is 27.2 Å². The number of pyridine rings is 1. The molecule has 0 atom stereocenters. The van der Waals surface area contributed by atoms with Crippen molar-refractivity contribution >= 4 is 22.6 Å². The summed E-state index contributed by atoms with van der Waals surface area (Å²) >= 11 is 6.00. The first-order chi connectivity index (χ1) is 9.28. The molecule has 1 aromatic carbocycles. The van der Waals surface area contributed by atoms with Crippen molar-refractivity contribution in [2.24, 2.45) is 0 Å². The van der Waals surface area contributed by atoms with Crippen LogP contribution in [0.25, 0.3) is 11.0 Å². The molecule has 0 saturated carbocycles. The molecule has 2 aromatic heterocycles. The van der Waals surface area contributed by atoms with Gasteiger partial charge < -0.3 is 9.67 Å². The Morgan fingerprint density at radius 1 is 1.21 bits per heavy atom. The van der Waals surface area contributed by atoms with Gasteiger partial charge in [-0.2, -0.15) is 0 Å². The van der Waals surface area contributed by atoms with Crippen molar-refractivity contribution in [3.05, 3.63) is 64.9 Å². The molecule has 3 rings (SSSR count). The van der Waals surface area contributed by atoms with Gasteiger partial charge >= 0.3 is 0 Å². The second-order valence-corrected chi connectivity index (χ2v) is 4.88. The zero-order chi connectivity index (χ0) is 13.2. The van der Waals surface area contributed by atoms with Gasteiger partial charge in [-0.1, -0.05) is 23.7 Å². The third kappa shape index (κ3) is 2.35. The number of rotatable bonds is 3. The van der Waals surface area contributed by atoms with Crippen LogP contribution in [-0.2, 0) is 13.2 Å². The molecule has 0 fully saturated rings. The van der Waals surface area contributed by atoms with Crippen LogP contribution >= 0.6 is 11.6 Å². The molecule has 3 aromatic rings. The summed E-state index contributed by atoms with van der Waals surface area (Å²) in [6.07, 6.45) is 3.70. The molecule has 3 nitrogen and oxygen atoms in total. The third-order valence-corrected chi connectivity index (χ3v) is 3.36. The lowest BCUT2D eigenvalue weighted by atomic mass is 10.2. The Bertz CT molecular complexity index is 721. The summed E-state index contributed by atoms with van der Waals surface area (Å²) in [5.41, 5.74) is 2.89. The van der Waals surface area contributed by atoms with Gasteiger partial charge in [0.2, 0.25) is 0 Å². The first kappa shape index (κ1) is 12.2. The quantitative estimate of drug-likeness (QED) is 0.795. The van der Waals surface area contributed by atoms with Gasteiger partial charge in [0.05, 0.1) is 6.61 Å². The Kier molecular flexibility index (Phi) is 3.23. The van der Waals surface area contributed by atoms with Crippen LogP contribution in [0.2, 0.25) is 5.02 Å². The van der Waals surface area contributed by atoms with Gasteiger partial charge in [0.1, 0.15) is 5.65 Å². The van der Waals surface area contributed by atoms with Crippen LogP contribution in [0, 0.1) is 0 Å². The lowest BCUT2D eigenvalue weighted by Crippen LogP contribution is -1.98. The fourth-order valence-corrected chi connectivity index (χ4v) is 2.49. The van der Waals surface area contributed by atoms with Crippen LogP contribution in [-0.4, -0.2) is 14.7 Å². The van der Waals surface area contributed by atoms with Crippen molar-refractivity contribution in [3.63, 3.8) is 0 Å². The summed E-state index contributed by atoms with van der Waals surface area (Å²) in [6.45, 7) is 0.707. The molecule has 0 aliphatic carbocycles. The van der Waals surface area contributed by atoms with Gasteiger partial charge in [-0.05, 0) is 29.8 Å². The zero-order valence-corrected chi connectivity index (χ0v) is 11.0. The maximum absolute atomic E-state index is 9.40. The van der Waals surface area contributed by atoms with E-state index in [-0.39, 0.29) is 6.61 Å². The second-order valence-electron chi connectivity index (χ2n) is 4.44. The number of nitrogens with zero attached hydrogens (tertiary/aromatic N) is 2. The van der Waals surface area contributed by atoms with Crippen LogP contribution in [0.4, 0.5) is 0 Å². The fourth-order valence-electron chi connectivity index (χ4n) is 2.27. The average Bonchev–Trinajstić information content (AvgIpc) is 2.77. The van der Waals surface area contributed by atoms with E-state index in [1.807, 2.05) is 47.2 Å². The smallest absolute Gasteiger partial charge is 0.140 e. The van der Waals surface area contributed by atoms with Crippen molar-refractivity contribution in [2.45, 2.75) is 13.2 Å². The van der Waals surface area contributed by atoms with Gasteiger partial charge in [0, 0.05) is 34.9 Å². The van der Waals surface area contributed by atoms with Crippen LogP contribution in [0.5, 0.6) is 0 Å². The summed E-state index contributed by atoms with van der Waals surface area (Å²) in [7, 11) is 0. The summed E-state index contributed by atoms with van der Waals surface area (Å²) in [5, 5.41) is 11.1. The van der Waals surface area contributed by atoms with Crippen LogP contribution in [0.15, 0.2) is 48.8 Å². The molecule has 19 heavy (non-hydrogen) atoms. The Morgan fingerprint density at radius 2 is 2.11 bits per heavy atom. The second kappa shape index (κ2) is 5.03. The van der Waals surface area contributed by atoms with Gasteiger partial charge in [-0.25, -0.2) is 4.98 Å². The predicted octanol–water partition coefficient (Wildman–Crippen LogP) is 3.23. The summed E-state index contributed by atoms with van der Waals surface area (Å²) in [5.74, 6) is 0. The molecule has 1 N–H and O–H groups in total. The Balaban J connectivity index is 2.06. The molecule has 2 heterocycles. The highest BCUT2D eigenvalue weighted by Crippen LogP contribution is 2.21. The largest absolute Gasteiger partial charge is 0.392 e. The summed E-state index contributed by atoms with van der Waals surface area (Å²) in [4.78, 5) is 4.39. The van der Waals surface area contributed by atoms with E-state index in [0.29, 0.717) is 6.54 Å². The SMILES string of the molecule is OCc1cn(Cc2cccc(Cl)c2)c2ncccc12. The molecule has 0 saturated heterocycles. The lowest BCUT2D eigenvalue weighted by molar-refractivity contribution is 0.283. The van der Waals surface area contributed by atoms with Crippen molar-refractivity contribution in [1.29, 1.82) is 0 Å². The number of fused-ring (bicyclic) bond motifs is 1. The van der Waals surface area contributed by atoms with E-state index >= 15 is 0 Å². The lowest BCUT2D eigenvalue weighted by Gasteiger charge is -2.05. The normalized spacial score (nSPS) is 11.1. The van der Waals surface area contributed by atoms with Crippen LogP contribution in [0.1, 0.15) is 11.1 Å². The zero-order valence-electron chi connectivity index (χ0n) is 10.3. The third-order valence-electron chi connectivity index (χ3n) is 3.13. The minimum Gasteiger partial charge on any atom is -0.392 e. The molecule has 0 unspecified atom stereocenters. The van der Waals surface area contributed by atoms with Gasteiger partial charge in [0.25, 0.3) is 0 Å². The fraction of sp³-hybridized carbons (Fsp3) is 0.133. The van der Waals surface area contributed by atoms with Crippen LogP contribution < -0.4 is 0 Å². The number of aliphatic hydroxyl groups is 1. The van der Waals surface area contributed by atoms with E-state index < -0.39 is 0 Å². The number of hydrogen-bond donors (Lipinski definition) is 1. The Labute approximate surface area is 116 Å². The van der Waals surface area contributed by atoms with Gasteiger partial charge in [-0.15, -0.1) is 0 Å². The Morgan fingerprint density at radius 3 is 2.89 bits per heavy atom. The molecule has 0 aliphatic heterocycles. The highest BCUT2D eigenvalue weighted by molar-refractivity contribution is 6.30. The van der Waals surface area contributed by atoms with Crippen LogP contribution in [0.3, 0.4) is 0 Å². The molecule has 0 bridgehead atoms. The van der Waals surface area contributed by atoms with E-state index in [1.54, 1.807) is 6.20 Å². The van der Waals surface area contributed by atoms with E-state index in [4.69, 9.17) is 11.6 Å². The molecule has 96 valence electrons. The molecular formula is C15H13ClN2O. The number of aromatic nitrogens is 2. The first-order valence-electron chi connectivity index (χ1n) is 6.06. The molecule has 0 radical (unpaired) electrons. The van der Waals surface area contributed by atoms with Crippen molar-refractivity contribution in [3.8, 4) is 0 Å². The molecular weight excluding hydrogens is 260 g/mol. The van der Waals surface area contributed by atoms with E-state index in [1.165, 1.54) is 0 Å². The van der Waals surface area contributed by atoms with E-state index in [9.17, 15) is 5.11 Å². The molecule has 0 amide bonds. The monoisotopic (exact) mass is 272 g/mol. The van der Waals surface area contributed by atoms with Crippen molar-refractivity contribution < 1.29 is 5.11 Å². The topological polar surface area (TPSA) is 38.0 Å². The first-order valence-corrected chi connectivity index (χ1v) is 6.44. The summed E-state index contributed by atoms with van der Waals surface area (Å²) in [6, 6.07) is 11.6. The van der Waals surface area contributed by atoms with Gasteiger partial charge in [-0.3, -0.25) is 0 Å². The summed E-state index contributed by atoms with van der Waals surface area (Å²) < 4.78 is 2.03. The number of hydrogen-bond acceptors (Lipinski definition) is 2. The molecule has 0 aliphatic rings. The van der Waals surface area contributed by atoms with Gasteiger partial charge in [0.15, 0.2) is 0 Å². The minimum absolute atomic E-state index is 0.0186. The highest BCUT2D eigenvalue weighted by atomic mass is 35.5. The highest BCUT2D eigenvalue weighted by Gasteiger charge is 2.08. The number of aliphatic hydroxyl groups excluding tert-OH is 1. The number of halogens is 1. The standard InChI is InChI=1S/C15H13ClN2O/c16-13-4-1-3-11(7-13)8-18-9-12(10-19)14-5-2-6-17-15(14)18/h1-7,9,19H,8,10H2. The van der Waals surface area contributed by atoms with Crippen molar-refractivity contribution in [2.75, 3.05) is 0 Å². The molecule has 0 spiro atoms. The number of benzene rings is 1. The Hall–Kier alpha value is -1.84. The van der Waals surface area contributed by atoms with E-state index in [2.05, 4.69) is 4.98 Å². The minimum atomic E-state index is 0.0186. The molecule has 4 heteroatoms. The maximum atomic E-state index is 9.40. The maximum Gasteiger partial charge on any atom is 0.140 e.